The summed E-state index contributed by atoms with van der Waals surface area (Å²) >= 11 is 0. The minimum absolute atomic E-state index is 0.0493. The Morgan fingerprint density at radius 2 is 2.10 bits per heavy atom. The summed E-state index contributed by atoms with van der Waals surface area (Å²) in [6.07, 6.45) is 3.15. The quantitative estimate of drug-likeness (QED) is 0.718. The summed E-state index contributed by atoms with van der Waals surface area (Å²) in [5.41, 5.74) is 2.39. The first-order valence-corrected chi connectivity index (χ1v) is 7.36. The molecular weight excluding hydrogens is 250 g/mol. The van der Waals surface area contributed by atoms with E-state index < -0.39 is 0 Å². The number of amides is 1. The molecule has 20 heavy (non-hydrogen) atoms. The highest BCUT2D eigenvalue weighted by atomic mass is 16.3. The fourth-order valence-corrected chi connectivity index (χ4v) is 2.09. The maximum atomic E-state index is 11.7. The Hall–Kier alpha value is -1.35. The molecule has 1 aromatic carbocycles. The lowest BCUT2D eigenvalue weighted by molar-refractivity contribution is -0.121. The van der Waals surface area contributed by atoms with Crippen molar-refractivity contribution < 1.29 is 9.90 Å². The molecule has 2 N–H and O–H groups in total. The number of hydrogen-bond donors (Lipinski definition) is 2. The summed E-state index contributed by atoms with van der Waals surface area (Å²) in [5, 5.41) is 12.1. The van der Waals surface area contributed by atoms with Crippen LogP contribution in [-0.4, -0.2) is 24.2 Å². The van der Waals surface area contributed by atoms with Gasteiger partial charge in [0.1, 0.15) is 0 Å². The van der Waals surface area contributed by atoms with Gasteiger partial charge in [0.15, 0.2) is 0 Å². The smallest absolute Gasteiger partial charge is 0.220 e. The van der Waals surface area contributed by atoms with Crippen LogP contribution in [0.3, 0.4) is 0 Å². The minimum atomic E-state index is -0.0493. The Balaban J connectivity index is 2.18. The molecule has 0 bridgehead atoms. The van der Waals surface area contributed by atoms with Gasteiger partial charge in [0, 0.05) is 19.6 Å². The van der Waals surface area contributed by atoms with E-state index in [1.54, 1.807) is 0 Å². The van der Waals surface area contributed by atoms with Gasteiger partial charge < -0.3 is 10.4 Å². The van der Waals surface area contributed by atoms with Crippen LogP contribution in [0.4, 0.5) is 0 Å². The zero-order chi connectivity index (χ0) is 15.0. The molecule has 0 atom stereocenters. The molecule has 3 nitrogen and oxygen atoms in total. The maximum absolute atomic E-state index is 11.7. The molecule has 0 fully saturated rings. The minimum Gasteiger partial charge on any atom is -0.396 e. The Labute approximate surface area is 122 Å². The predicted molar refractivity (Wildman–Crippen MR) is 82.6 cm³/mol. The number of benzene rings is 1. The fourth-order valence-electron chi connectivity index (χ4n) is 2.09. The van der Waals surface area contributed by atoms with Crippen molar-refractivity contribution in [2.24, 2.45) is 5.41 Å². The van der Waals surface area contributed by atoms with Gasteiger partial charge in [-0.05, 0) is 37.2 Å². The van der Waals surface area contributed by atoms with Crippen LogP contribution < -0.4 is 5.32 Å². The summed E-state index contributed by atoms with van der Waals surface area (Å²) in [6, 6.07) is 8.27. The number of aryl methyl sites for hydroxylation is 2. The topological polar surface area (TPSA) is 49.3 Å². The highest BCUT2D eigenvalue weighted by molar-refractivity contribution is 5.76. The van der Waals surface area contributed by atoms with Gasteiger partial charge in [0.25, 0.3) is 0 Å². The predicted octanol–water partition coefficient (Wildman–Crippen LogP) is 2.84. The van der Waals surface area contributed by atoms with Crippen molar-refractivity contribution >= 4 is 5.91 Å². The van der Waals surface area contributed by atoms with Crippen LogP contribution in [0.5, 0.6) is 0 Å². The van der Waals surface area contributed by atoms with E-state index in [0.717, 1.165) is 19.3 Å². The van der Waals surface area contributed by atoms with Crippen molar-refractivity contribution in [2.45, 2.75) is 46.5 Å². The van der Waals surface area contributed by atoms with E-state index in [1.165, 1.54) is 11.1 Å². The van der Waals surface area contributed by atoms with Gasteiger partial charge in [0.2, 0.25) is 5.91 Å². The summed E-state index contributed by atoms with van der Waals surface area (Å²) in [4.78, 5) is 11.7. The number of aliphatic hydroxyl groups excluding tert-OH is 1. The van der Waals surface area contributed by atoms with Crippen LogP contribution in [-0.2, 0) is 11.2 Å². The highest BCUT2D eigenvalue weighted by Crippen LogP contribution is 2.20. The maximum Gasteiger partial charge on any atom is 0.220 e. The molecule has 112 valence electrons. The molecule has 0 radical (unpaired) electrons. The first-order valence-electron chi connectivity index (χ1n) is 7.36. The van der Waals surface area contributed by atoms with Crippen molar-refractivity contribution in [3.8, 4) is 0 Å². The zero-order valence-corrected chi connectivity index (χ0v) is 12.9. The van der Waals surface area contributed by atoms with Crippen LogP contribution >= 0.6 is 0 Å². The van der Waals surface area contributed by atoms with E-state index in [2.05, 4.69) is 30.4 Å². The lowest BCUT2D eigenvalue weighted by atomic mass is 9.89. The first-order chi connectivity index (χ1) is 9.43. The molecule has 3 heteroatoms. The molecule has 1 aromatic rings. The molecule has 1 amide bonds. The normalized spacial score (nSPS) is 11.4. The largest absolute Gasteiger partial charge is 0.396 e. The van der Waals surface area contributed by atoms with Crippen LogP contribution in [0.25, 0.3) is 0 Å². The molecule has 0 aliphatic heterocycles. The van der Waals surface area contributed by atoms with Gasteiger partial charge in [-0.15, -0.1) is 0 Å². The number of aliphatic hydroxyl groups is 1. The monoisotopic (exact) mass is 277 g/mol. The Kier molecular flexibility index (Phi) is 6.73. The molecule has 0 unspecified atom stereocenters. The molecule has 1 rings (SSSR count). The third-order valence-electron chi connectivity index (χ3n) is 3.50. The van der Waals surface area contributed by atoms with Gasteiger partial charge in [-0.2, -0.15) is 0 Å². The number of rotatable bonds is 8. The van der Waals surface area contributed by atoms with Crippen LogP contribution in [0.2, 0.25) is 0 Å². The number of nitrogens with one attached hydrogen (secondary N) is 1. The van der Waals surface area contributed by atoms with E-state index in [4.69, 9.17) is 5.11 Å². The van der Waals surface area contributed by atoms with Gasteiger partial charge in [-0.25, -0.2) is 0 Å². The molecule has 0 aliphatic carbocycles. The molecule has 0 aromatic heterocycles. The van der Waals surface area contributed by atoms with Crippen molar-refractivity contribution in [2.75, 3.05) is 13.2 Å². The Bertz CT molecular complexity index is 427. The van der Waals surface area contributed by atoms with Crippen molar-refractivity contribution in [3.63, 3.8) is 0 Å². The molecule has 0 saturated carbocycles. The second-order valence-corrected chi connectivity index (χ2v) is 6.26. The third-order valence-corrected chi connectivity index (χ3v) is 3.50. The van der Waals surface area contributed by atoms with Crippen molar-refractivity contribution in [1.29, 1.82) is 0 Å². The average molecular weight is 277 g/mol. The summed E-state index contributed by atoms with van der Waals surface area (Å²) < 4.78 is 0. The highest BCUT2D eigenvalue weighted by Gasteiger charge is 2.15. The number of hydrogen-bond acceptors (Lipinski definition) is 2. The Morgan fingerprint density at radius 3 is 2.75 bits per heavy atom. The van der Waals surface area contributed by atoms with Crippen molar-refractivity contribution in [1.82, 2.24) is 5.32 Å². The van der Waals surface area contributed by atoms with Gasteiger partial charge in [0.05, 0.1) is 0 Å². The van der Waals surface area contributed by atoms with E-state index in [9.17, 15) is 4.79 Å². The molecule has 0 spiro atoms. The summed E-state index contributed by atoms with van der Waals surface area (Å²) in [5.74, 6) is 0.105. The van der Waals surface area contributed by atoms with Crippen LogP contribution in [0, 0.1) is 12.3 Å². The molecule has 0 aliphatic rings. The number of carbonyl (C=O) groups excluding carboxylic acids is 1. The second-order valence-electron chi connectivity index (χ2n) is 6.26. The third kappa shape index (κ3) is 6.71. The lowest BCUT2D eigenvalue weighted by Gasteiger charge is -2.21. The summed E-state index contributed by atoms with van der Waals surface area (Å²) in [6.45, 7) is 7.01. The number of carbonyl (C=O) groups is 1. The average Bonchev–Trinajstić information content (AvgIpc) is 2.41. The van der Waals surface area contributed by atoms with Crippen LogP contribution in [0.15, 0.2) is 24.3 Å². The Morgan fingerprint density at radius 1 is 1.35 bits per heavy atom. The summed E-state index contributed by atoms with van der Waals surface area (Å²) in [7, 11) is 0. The fraction of sp³-hybridized carbons (Fsp3) is 0.588. The second kappa shape index (κ2) is 8.05. The van der Waals surface area contributed by atoms with Gasteiger partial charge in [-0.3, -0.25) is 4.79 Å². The van der Waals surface area contributed by atoms with Crippen LogP contribution in [0.1, 0.15) is 44.2 Å². The van der Waals surface area contributed by atoms with E-state index in [0.29, 0.717) is 13.0 Å². The zero-order valence-electron chi connectivity index (χ0n) is 12.9. The SMILES string of the molecule is Cc1cccc(CCC(=O)NCCCC(C)(C)CO)c1. The lowest BCUT2D eigenvalue weighted by Crippen LogP contribution is -2.26. The van der Waals surface area contributed by atoms with Gasteiger partial charge >= 0.3 is 0 Å². The van der Waals surface area contributed by atoms with E-state index in [-0.39, 0.29) is 17.9 Å². The van der Waals surface area contributed by atoms with E-state index in [1.807, 2.05) is 19.9 Å². The first kappa shape index (κ1) is 16.7. The molecule has 0 saturated heterocycles. The van der Waals surface area contributed by atoms with E-state index >= 15 is 0 Å². The molecular formula is C17H27NO2. The van der Waals surface area contributed by atoms with Gasteiger partial charge in [-0.1, -0.05) is 43.7 Å². The van der Waals surface area contributed by atoms with Crippen molar-refractivity contribution in [3.05, 3.63) is 35.4 Å². The standard InChI is InChI=1S/C17H27NO2/c1-14-6-4-7-15(12-14)8-9-16(20)18-11-5-10-17(2,3)13-19/h4,6-7,12,19H,5,8-11,13H2,1-3H3,(H,18,20). The molecule has 0 heterocycles.